The Balaban J connectivity index is 4.20. The number of carbonyl (C=O) groups excluding carboxylic acids is 2. The van der Waals surface area contributed by atoms with Crippen LogP contribution in [0, 0.1) is 5.92 Å². The van der Waals surface area contributed by atoms with Gasteiger partial charge in [-0.1, -0.05) is 6.92 Å². The van der Waals surface area contributed by atoms with Gasteiger partial charge < -0.3 is 20.2 Å². The standard InChI is InChI=1S/C11H21N3O4/c1-8(10(16)17)7-14(4)11(18)13(3)6-5-9(15)12-2/h8H,5-7H2,1-4H3,(H,12,15)(H,16,17). The number of nitrogens with one attached hydrogen (secondary N) is 1. The van der Waals surface area contributed by atoms with E-state index >= 15 is 0 Å². The Morgan fingerprint density at radius 2 is 1.78 bits per heavy atom. The van der Waals surface area contributed by atoms with Gasteiger partial charge in [0.05, 0.1) is 5.92 Å². The SMILES string of the molecule is CNC(=O)CCN(C)C(=O)N(C)CC(C)C(=O)O. The van der Waals surface area contributed by atoms with Crippen LogP contribution in [0.15, 0.2) is 0 Å². The molecular weight excluding hydrogens is 238 g/mol. The maximum absolute atomic E-state index is 11.8. The van der Waals surface area contributed by atoms with Gasteiger partial charge in [0.1, 0.15) is 0 Å². The van der Waals surface area contributed by atoms with E-state index in [0.29, 0.717) is 6.54 Å². The normalized spacial score (nSPS) is 11.6. The summed E-state index contributed by atoms with van der Waals surface area (Å²) in [5.41, 5.74) is 0. The fourth-order valence-electron chi connectivity index (χ4n) is 1.35. The first-order valence-electron chi connectivity index (χ1n) is 5.69. The molecule has 0 radical (unpaired) electrons. The number of aliphatic carboxylic acids is 1. The molecule has 2 N–H and O–H groups in total. The van der Waals surface area contributed by atoms with Gasteiger partial charge in [0.2, 0.25) is 5.91 Å². The van der Waals surface area contributed by atoms with Crippen molar-refractivity contribution in [3.63, 3.8) is 0 Å². The lowest BCUT2D eigenvalue weighted by atomic mass is 10.2. The fraction of sp³-hybridized carbons (Fsp3) is 0.727. The minimum Gasteiger partial charge on any atom is -0.481 e. The zero-order chi connectivity index (χ0) is 14.3. The Kier molecular flexibility index (Phi) is 6.77. The largest absolute Gasteiger partial charge is 0.481 e. The number of hydrogen-bond acceptors (Lipinski definition) is 3. The summed E-state index contributed by atoms with van der Waals surface area (Å²) >= 11 is 0. The fourth-order valence-corrected chi connectivity index (χ4v) is 1.35. The van der Waals surface area contributed by atoms with Crippen LogP contribution < -0.4 is 5.32 Å². The van der Waals surface area contributed by atoms with Crippen molar-refractivity contribution in [1.29, 1.82) is 0 Å². The first kappa shape index (κ1) is 16.2. The molecule has 0 aliphatic rings. The van der Waals surface area contributed by atoms with E-state index in [2.05, 4.69) is 5.32 Å². The number of carbonyl (C=O) groups is 3. The zero-order valence-electron chi connectivity index (χ0n) is 11.3. The molecule has 0 aliphatic carbocycles. The van der Waals surface area contributed by atoms with E-state index in [9.17, 15) is 14.4 Å². The molecule has 1 unspecified atom stereocenters. The van der Waals surface area contributed by atoms with Crippen molar-refractivity contribution in [1.82, 2.24) is 15.1 Å². The Bertz CT molecular complexity index is 319. The van der Waals surface area contributed by atoms with Crippen molar-refractivity contribution >= 4 is 17.9 Å². The molecule has 0 aromatic carbocycles. The van der Waals surface area contributed by atoms with Crippen molar-refractivity contribution in [2.24, 2.45) is 5.92 Å². The van der Waals surface area contributed by atoms with Gasteiger partial charge >= 0.3 is 12.0 Å². The Labute approximate surface area is 107 Å². The summed E-state index contributed by atoms with van der Waals surface area (Å²) in [5.74, 6) is -1.70. The van der Waals surface area contributed by atoms with Crippen molar-refractivity contribution < 1.29 is 19.5 Å². The third kappa shape index (κ3) is 5.51. The molecule has 0 spiro atoms. The molecule has 0 aromatic rings. The molecule has 0 rings (SSSR count). The van der Waals surface area contributed by atoms with Gasteiger partial charge in [-0.05, 0) is 0 Å². The van der Waals surface area contributed by atoms with E-state index in [4.69, 9.17) is 5.11 Å². The van der Waals surface area contributed by atoms with Gasteiger partial charge in [0, 0.05) is 40.7 Å². The van der Waals surface area contributed by atoms with Crippen LogP contribution in [-0.2, 0) is 9.59 Å². The monoisotopic (exact) mass is 259 g/mol. The lowest BCUT2D eigenvalue weighted by Gasteiger charge is -2.25. The van der Waals surface area contributed by atoms with E-state index < -0.39 is 11.9 Å². The highest BCUT2D eigenvalue weighted by atomic mass is 16.4. The lowest BCUT2D eigenvalue weighted by molar-refractivity contribution is -0.141. The van der Waals surface area contributed by atoms with Crippen LogP contribution in [0.2, 0.25) is 0 Å². The molecular formula is C11H21N3O4. The summed E-state index contributed by atoms with van der Waals surface area (Å²) in [5, 5.41) is 11.2. The van der Waals surface area contributed by atoms with Gasteiger partial charge in [-0.2, -0.15) is 0 Å². The summed E-state index contributed by atoms with van der Waals surface area (Å²) in [7, 11) is 4.65. The van der Waals surface area contributed by atoms with Crippen molar-refractivity contribution in [3.8, 4) is 0 Å². The van der Waals surface area contributed by atoms with Crippen LogP contribution in [0.1, 0.15) is 13.3 Å². The average Bonchev–Trinajstić information content (AvgIpc) is 2.33. The minimum atomic E-state index is -0.942. The van der Waals surface area contributed by atoms with Crippen LogP contribution in [0.25, 0.3) is 0 Å². The van der Waals surface area contributed by atoms with Crippen molar-refractivity contribution in [2.45, 2.75) is 13.3 Å². The van der Waals surface area contributed by atoms with Gasteiger partial charge in [-0.25, -0.2) is 4.79 Å². The highest BCUT2D eigenvalue weighted by Crippen LogP contribution is 2.02. The van der Waals surface area contributed by atoms with Crippen LogP contribution >= 0.6 is 0 Å². The number of amides is 3. The summed E-state index contributed by atoms with van der Waals surface area (Å²) in [6.07, 6.45) is 0.223. The Morgan fingerprint density at radius 1 is 1.22 bits per heavy atom. The summed E-state index contributed by atoms with van der Waals surface area (Å²) in [6.45, 7) is 1.97. The predicted molar refractivity (Wildman–Crippen MR) is 66.1 cm³/mol. The second-order valence-electron chi connectivity index (χ2n) is 4.25. The zero-order valence-corrected chi connectivity index (χ0v) is 11.3. The molecule has 0 saturated heterocycles. The molecule has 18 heavy (non-hydrogen) atoms. The number of carboxylic acids is 1. The molecule has 3 amide bonds. The highest BCUT2D eigenvalue weighted by molar-refractivity contribution is 5.78. The molecule has 7 heteroatoms. The lowest BCUT2D eigenvalue weighted by Crippen LogP contribution is -2.42. The van der Waals surface area contributed by atoms with E-state index in [0.717, 1.165) is 0 Å². The maximum atomic E-state index is 11.8. The van der Waals surface area contributed by atoms with Crippen LogP contribution in [0.5, 0.6) is 0 Å². The topological polar surface area (TPSA) is 90.0 Å². The number of hydrogen-bond donors (Lipinski definition) is 2. The summed E-state index contributed by atoms with van der Waals surface area (Å²) in [6, 6.07) is -0.299. The van der Waals surface area contributed by atoms with E-state index in [-0.39, 0.29) is 24.9 Å². The van der Waals surface area contributed by atoms with Gasteiger partial charge in [0.15, 0.2) is 0 Å². The molecule has 0 bridgehead atoms. The van der Waals surface area contributed by atoms with E-state index in [1.54, 1.807) is 7.05 Å². The van der Waals surface area contributed by atoms with Crippen LogP contribution in [0.3, 0.4) is 0 Å². The second kappa shape index (κ2) is 7.52. The predicted octanol–water partition coefficient (Wildman–Crippen LogP) is -0.173. The maximum Gasteiger partial charge on any atom is 0.319 e. The van der Waals surface area contributed by atoms with E-state index in [1.807, 2.05) is 0 Å². The molecule has 0 saturated carbocycles. The van der Waals surface area contributed by atoms with Crippen molar-refractivity contribution in [3.05, 3.63) is 0 Å². The summed E-state index contributed by atoms with van der Waals surface area (Å²) in [4.78, 5) is 36.3. The Morgan fingerprint density at radius 3 is 2.22 bits per heavy atom. The molecule has 0 aliphatic heterocycles. The highest BCUT2D eigenvalue weighted by Gasteiger charge is 2.20. The van der Waals surface area contributed by atoms with Gasteiger partial charge in [0.25, 0.3) is 0 Å². The molecule has 0 heterocycles. The number of nitrogens with zero attached hydrogens (tertiary/aromatic N) is 2. The third-order valence-electron chi connectivity index (χ3n) is 2.58. The summed E-state index contributed by atoms with van der Waals surface area (Å²) < 4.78 is 0. The first-order valence-corrected chi connectivity index (χ1v) is 5.69. The minimum absolute atomic E-state index is 0.137. The van der Waals surface area contributed by atoms with E-state index in [1.165, 1.54) is 30.8 Å². The molecule has 104 valence electrons. The quantitative estimate of drug-likeness (QED) is 0.693. The Hall–Kier alpha value is -1.79. The molecule has 0 fully saturated rings. The average molecular weight is 259 g/mol. The third-order valence-corrected chi connectivity index (χ3v) is 2.58. The van der Waals surface area contributed by atoms with Gasteiger partial charge in [-0.3, -0.25) is 9.59 Å². The molecule has 7 nitrogen and oxygen atoms in total. The molecule has 0 aromatic heterocycles. The first-order chi connectivity index (χ1) is 8.29. The van der Waals surface area contributed by atoms with Crippen molar-refractivity contribution in [2.75, 3.05) is 34.2 Å². The number of rotatable bonds is 6. The van der Waals surface area contributed by atoms with Gasteiger partial charge in [-0.15, -0.1) is 0 Å². The van der Waals surface area contributed by atoms with Crippen LogP contribution in [0.4, 0.5) is 4.79 Å². The van der Waals surface area contributed by atoms with Crippen LogP contribution in [-0.4, -0.2) is 67.0 Å². The second-order valence-corrected chi connectivity index (χ2v) is 4.25. The number of urea groups is 1. The molecule has 1 atom stereocenters. The number of carboxylic acid groups (broad SMARTS) is 1. The smallest absolute Gasteiger partial charge is 0.319 e.